The Labute approximate surface area is 177 Å². The topological polar surface area (TPSA) is 115 Å². The predicted octanol–water partition coefficient (Wildman–Crippen LogP) is 3.21. The lowest BCUT2D eigenvalue weighted by Crippen LogP contribution is -2.28. The number of anilines is 1. The first-order valence-electron chi connectivity index (χ1n) is 8.69. The molecule has 1 aromatic heterocycles. The van der Waals surface area contributed by atoms with Crippen LogP contribution in [0.3, 0.4) is 0 Å². The second-order valence-corrected chi connectivity index (χ2v) is 8.16. The first kappa shape index (κ1) is 21.4. The van der Waals surface area contributed by atoms with E-state index in [1.165, 1.54) is 42.7 Å². The summed E-state index contributed by atoms with van der Waals surface area (Å²) in [4.78, 5) is 24.2. The molecule has 8 nitrogen and oxygen atoms in total. The summed E-state index contributed by atoms with van der Waals surface area (Å²) < 4.78 is 37.6. The number of ether oxygens (including phenoxy) is 1. The van der Waals surface area contributed by atoms with E-state index in [9.17, 15) is 18.0 Å². The van der Waals surface area contributed by atoms with Crippen molar-refractivity contribution in [2.45, 2.75) is 11.4 Å². The summed E-state index contributed by atoms with van der Waals surface area (Å²) in [6.07, 6.45) is 1.48. The number of halogens is 1. The van der Waals surface area contributed by atoms with Crippen molar-refractivity contribution in [3.05, 3.63) is 83.3 Å². The number of amides is 1. The van der Waals surface area contributed by atoms with Crippen molar-refractivity contribution in [1.82, 2.24) is 5.32 Å². The standard InChI is InChI=1S/C20H17ClN2O6S/c21-14-7-9-16(10-8-14)30(26,27)23-18-6-2-1-5-17(18)20(25)29-13-19(24)22-12-15-4-3-11-28-15/h1-11,23H,12-13H2,(H,22,24). The van der Waals surface area contributed by atoms with Crippen LogP contribution in [0.25, 0.3) is 0 Å². The zero-order valence-corrected chi connectivity index (χ0v) is 17.1. The van der Waals surface area contributed by atoms with E-state index in [0.717, 1.165) is 0 Å². The van der Waals surface area contributed by atoms with E-state index in [1.807, 2.05) is 0 Å². The van der Waals surface area contributed by atoms with Crippen LogP contribution in [0.2, 0.25) is 5.02 Å². The molecule has 10 heteroatoms. The molecule has 2 aromatic carbocycles. The Morgan fingerprint density at radius 3 is 2.43 bits per heavy atom. The Hall–Kier alpha value is -3.30. The van der Waals surface area contributed by atoms with Gasteiger partial charge in [-0.05, 0) is 48.5 Å². The number of rotatable bonds is 8. The molecule has 156 valence electrons. The second kappa shape index (κ2) is 9.47. The number of esters is 1. The van der Waals surface area contributed by atoms with Crippen molar-refractivity contribution in [2.75, 3.05) is 11.3 Å². The van der Waals surface area contributed by atoms with Crippen LogP contribution in [0.4, 0.5) is 5.69 Å². The summed E-state index contributed by atoms with van der Waals surface area (Å²) in [6.45, 7) is -0.376. The highest BCUT2D eigenvalue weighted by atomic mass is 35.5. The molecule has 2 N–H and O–H groups in total. The molecule has 0 spiro atoms. The maximum atomic E-state index is 12.6. The van der Waals surface area contributed by atoms with Gasteiger partial charge in [-0.15, -0.1) is 0 Å². The fourth-order valence-corrected chi connectivity index (χ4v) is 3.63. The quantitative estimate of drug-likeness (QED) is 0.511. The number of carbonyl (C=O) groups is 2. The number of hydrogen-bond donors (Lipinski definition) is 2. The van der Waals surface area contributed by atoms with Crippen LogP contribution in [0.15, 0.2) is 76.2 Å². The van der Waals surface area contributed by atoms with Crippen LogP contribution in [-0.2, 0) is 26.1 Å². The molecule has 30 heavy (non-hydrogen) atoms. The Kier molecular flexibility index (Phi) is 6.76. The lowest BCUT2D eigenvalue weighted by Gasteiger charge is -2.12. The van der Waals surface area contributed by atoms with Crippen LogP contribution >= 0.6 is 11.6 Å². The highest BCUT2D eigenvalue weighted by Crippen LogP contribution is 2.22. The molecule has 0 aliphatic heterocycles. The number of carbonyl (C=O) groups excluding carboxylic acids is 2. The van der Waals surface area contributed by atoms with E-state index in [-0.39, 0.29) is 22.7 Å². The van der Waals surface area contributed by atoms with Gasteiger partial charge in [0, 0.05) is 5.02 Å². The summed E-state index contributed by atoms with van der Waals surface area (Å²) in [5.41, 5.74) is -0.0117. The van der Waals surface area contributed by atoms with E-state index in [4.69, 9.17) is 20.8 Å². The maximum Gasteiger partial charge on any atom is 0.340 e. The van der Waals surface area contributed by atoms with Crippen LogP contribution < -0.4 is 10.0 Å². The van der Waals surface area contributed by atoms with Crippen molar-refractivity contribution in [3.8, 4) is 0 Å². The Bertz CT molecular complexity index is 1130. The van der Waals surface area contributed by atoms with Gasteiger partial charge in [-0.3, -0.25) is 9.52 Å². The highest BCUT2D eigenvalue weighted by molar-refractivity contribution is 7.92. The molecule has 0 radical (unpaired) electrons. The van der Waals surface area contributed by atoms with Gasteiger partial charge in [0.05, 0.1) is 29.0 Å². The first-order chi connectivity index (χ1) is 14.3. The maximum absolute atomic E-state index is 12.6. The SMILES string of the molecule is O=C(COC(=O)c1ccccc1NS(=O)(=O)c1ccc(Cl)cc1)NCc1ccco1. The summed E-state index contributed by atoms with van der Waals surface area (Å²) in [7, 11) is -3.96. The molecule has 0 bridgehead atoms. The Morgan fingerprint density at radius 1 is 1.00 bits per heavy atom. The van der Waals surface area contributed by atoms with Gasteiger partial charge in [0.15, 0.2) is 6.61 Å². The molecule has 1 heterocycles. The highest BCUT2D eigenvalue weighted by Gasteiger charge is 2.20. The number of nitrogens with one attached hydrogen (secondary N) is 2. The third-order valence-corrected chi connectivity index (χ3v) is 5.52. The summed E-state index contributed by atoms with van der Waals surface area (Å²) in [5, 5.41) is 2.93. The van der Waals surface area contributed by atoms with Crippen molar-refractivity contribution in [2.24, 2.45) is 0 Å². The second-order valence-electron chi connectivity index (χ2n) is 6.04. The van der Waals surface area contributed by atoms with Gasteiger partial charge in [-0.25, -0.2) is 13.2 Å². The van der Waals surface area contributed by atoms with Crippen LogP contribution in [-0.4, -0.2) is 26.9 Å². The molecule has 0 atom stereocenters. The van der Waals surface area contributed by atoms with Crippen LogP contribution in [0, 0.1) is 0 Å². The van der Waals surface area contributed by atoms with Gasteiger partial charge < -0.3 is 14.5 Å². The molecule has 0 saturated heterocycles. The van der Waals surface area contributed by atoms with E-state index in [0.29, 0.717) is 10.8 Å². The predicted molar refractivity (Wildman–Crippen MR) is 110 cm³/mol. The van der Waals surface area contributed by atoms with Crippen molar-refractivity contribution < 1.29 is 27.2 Å². The first-order valence-corrected chi connectivity index (χ1v) is 10.5. The normalized spacial score (nSPS) is 11.0. The lowest BCUT2D eigenvalue weighted by molar-refractivity contribution is -0.124. The van der Waals surface area contributed by atoms with E-state index in [1.54, 1.807) is 24.3 Å². The number of sulfonamides is 1. The van der Waals surface area contributed by atoms with Crippen LogP contribution in [0.1, 0.15) is 16.1 Å². The summed E-state index contributed by atoms with van der Waals surface area (Å²) in [6, 6.07) is 14.9. The lowest BCUT2D eigenvalue weighted by atomic mass is 10.2. The average molecular weight is 449 g/mol. The number of furan rings is 1. The average Bonchev–Trinajstić information content (AvgIpc) is 3.24. The summed E-state index contributed by atoms with van der Waals surface area (Å²) in [5.74, 6) is -0.826. The van der Waals surface area contributed by atoms with Crippen molar-refractivity contribution >= 4 is 39.2 Å². The monoisotopic (exact) mass is 448 g/mol. The van der Waals surface area contributed by atoms with Crippen molar-refractivity contribution in [3.63, 3.8) is 0 Å². The number of para-hydroxylation sites is 1. The van der Waals surface area contributed by atoms with E-state index < -0.39 is 28.5 Å². The van der Waals surface area contributed by atoms with Gasteiger partial charge in [-0.1, -0.05) is 23.7 Å². The van der Waals surface area contributed by atoms with Crippen LogP contribution in [0.5, 0.6) is 0 Å². The van der Waals surface area contributed by atoms with E-state index >= 15 is 0 Å². The number of hydrogen-bond acceptors (Lipinski definition) is 6. The molecule has 0 saturated carbocycles. The van der Waals surface area contributed by atoms with Gasteiger partial charge in [0.25, 0.3) is 15.9 Å². The zero-order valence-electron chi connectivity index (χ0n) is 15.5. The van der Waals surface area contributed by atoms with E-state index in [2.05, 4.69) is 10.0 Å². The minimum Gasteiger partial charge on any atom is -0.467 e. The smallest absolute Gasteiger partial charge is 0.340 e. The molecular formula is C20H17ClN2O6S. The fourth-order valence-electron chi connectivity index (χ4n) is 2.43. The molecule has 0 aliphatic carbocycles. The largest absolute Gasteiger partial charge is 0.467 e. The number of benzene rings is 2. The molecule has 3 rings (SSSR count). The molecule has 0 unspecified atom stereocenters. The fraction of sp³-hybridized carbons (Fsp3) is 0.100. The van der Waals surface area contributed by atoms with Crippen molar-refractivity contribution in [1.29, 1.82) is 0 Å². The minimum absolute atomic E-state index is 0.0209. The molecule has 1 amide bonds. The minimum atomic E-state index is -3.96. The third-order valence-electron chi connectivity index (χ3n) is 3.89. The molecule has 0 aliphatic rings. The molecular weight excluding hydrogens is 432 g/mol. The Morgan fingerprint density at radius 2 is 1.73 bits per heavy atom. The molecule has 3 aromatic rings. The summed E-state index contributed by atoms with van der Waals surface area (Å²) >= 11 is 5.79. The Balaban J connectivity index is 1.64. The third kappa shape index (κ3) is 5.62. The van der Waals surface area contributed by atoms with Gasteiger partial charge in [-0.2, -0.15) is 0 Å². The van der Waals surface area contributed by atoms with Gasteiger partial charge in [0.2, 0.25) is 0 Å². The zero-order chi connectivity index (χ0) is 21.6. The molecule has 0 fully saturated rings. The van der Waals surface area contributed by atoms with Gasteiger partial charge >= 0.3 is 5.97 Å². The van der Waals surface area contributed by atoms with Gasteiger partial charge in [0.1, 0.15) is 5.76 Å².